The molecule has 4 heteroatoms. The van der Waals surface area contributed by atoms with Gasteiger partial charge in [-0.05, 0) is 38.1 Å². The van der Waals surface area contributed by atoms with Gasteiger partial charge in [-0.1, -0.05) is 13.0 Å². The summed E-state index contributed by atoms with van der Waals surface area (Å²) in [6, 6.07) is 6.42. The zero-order chi connectivity index (χ0) is 13.1. The smallest absolute Gasteiger partial charge is 0.124 e. The monoisotopic (exact) mass is 247 g/mol. The van der Waals surface area contributed by atoms with Gasteiger partial charge in [-0.2, -0.15) is 0 Å². The molecule has 4 nitrogen and oxygen atoms in total. The molecule has 0 spiro atoms. The summed E-state index contributed by atoms with van der Waals surface area (Å²) in [5.41, 5.74) is 3.31. The number of hydrogen-bond acceptors (Lipinski definition) is 3. The lowest BCUT2D eigenvalue weighted by molar-refractivity contribution is 0.161. The molecule has 0 aliphatic carbocycles. The van der Waals surface area contributed by atoms with Gasteiger partial charge < -0.3 is 10.1 Å². The minimum absolute atomic E-state index is 0.178. The molecule has 1 aromatic heterocycles. The lowest BCUT2D eigenvalue weighted by atomic mass is 10.2. The molecule has 0 radical (unpaired) electrons. The van der Waals surface area contributed by atoms with Crippen molar-refractivity contribution in [1.29, 1.82) is 0 Å². The van der Waals surface area contributed by atoms with E-state index in [9.17, 15) is 0 Å². The highest BCUT2D eigenvalue weighted by molar-refractivity contribution is 5.75. The Bertz CT molecular complexity index is 521. The molecule has 2 rings (SSSR count). The minimum Gasteiger partial charge on any atom is -0.395 e. The van der Waals surface area contributed by atoms with E-state index >= 15 is 0 Å². The van der Waals surface area contributed by atoms with Crippen molar-refractivity contribution < 1.29 is 5.11 Å². The van der Waals surface area contributed by atoms with Gasteiger partial charge in [0.1, 0.15) is 5.82 Å². The van der Waals surface area contributed by atoms with E-state index in [0.717, 1.165) is 23.4 Å². The lowest BCUT2D eigenvalue weighted by Gasteiger charge is -2.25. The number of likely N-dealkylation sites (N-methyl/N-ethyl adjacent to an activating group) is 1. The standard InChI is InChI=1S/C14H21N3O/c1-4-17(7-8-18)11(3)14-15-12-6-5-10(2)9-13(12)16-14/h5-6,9,11,18H,4,7-8H2,1-3H3,(H,15,16). The Morgan fingerprint density at radius 2 is 2.22 bits per heavy atom. The largest absolute Gasteiger partial charge is 0.395 e. The molecule has 0 saturated carbocycles. The van der Waals surface area contributed by atoms with Gasteiger partial charge in [0, 0.05) is 6.54 Å². The van der Waals surface area contributed by atoms with Crippen molar-refractivity contribution in [3.63, 3.8) is 0 Å². The topological polar surface area (TPSA) is 52.1 Å². The summed E-state index contributed by atoms with van der Waals surface area (Å²) in [5, 5.41) is 9.07. The Balaban J connectivity index is 2.29. The highest BCUT2D eigenvalue weighted by atomic mass is 16.3. The van der Waals surface area contributed by atoms with E-state index in [-0.39, 0.29) is 12.6 Å². The fraction of sp³-hybridized carbons (Fsp3) is 0.500. The maximum atomic E-state index is 9.07. The predicted octanol–water partition coefficient (Wildman–Crippen LogP) is 2.25. The van der Waals surface area contributed by atoms with E-state index in [0.29, 0.717) is 6.54 Å². The zero-order valence-electron chi connectivity index (χ0n) is 11.3. The number of aromatic amines is 1. The number of rotatable bonds is 5. The van der Waals surface area contributed by atoms with Gasteiger partial charge in [-0.25, -0.2) is 4.98 Å². The second-order valence-electron chi connectivity index (χ2n) is 4.67. The van der Waals surface area contributed by atoms with Crippen LogP contribution in [0.15, 0.2) is 18.2 Å². The molecule has 0 amide bonds. The second kappa shape index (κ2) is 5.50. The van der Waals surface area contributed by atoms with Crippen molar-refractivity contribution in [2.45, 2.75) is 26.8 Å². The van der Waals surface area contributed by atoms with Crippen LogP contribution in [0.5, 0.6) is 0 Å². The number of benzene rings is 1. The van der Waals surface area contributed by atoms with Gasteiger partial charge >= 0.3 is 0 Å². The summed E-state index contributed by atoms with van der Waals surface area (Å²) in [4.78, 5) is 10.2. The molecule has 1 aromatic carbocycles. The molecular formula is C14H21N3O. The first-order chi connectivity index (χ1) is 8.65. The van der Waals surface area contributed by atoms with E-state index < -0.39 is 0 Å². The Hall–Kier alpha value is -1.39. The van der Waals surface area contributed by atoms with Crippen molar-refractivity contribution in [2.24, 2.45) is 0 Å². The molecule has 1 heterocycles. The van der Waals surface area contributed by atoms with Gasteiger partial charge in [0.05, 0.1) is 23.7 Å². The van der Waals surface area contributed by atoms with Crippen molar-refractivity contribution in [1.82, 2.24) is 14.9 Å². The molecule has 2 aromatic rings. The lowest BCUT2D eigenvalue weighted by Crippen LogP contribution is -2.30. The SMILES string of the molecule is CCN(CCO)C(C)c1nc2ccc(C)cc2[nH]1. The molecule has 18 heavy (non-hydrogen) atoms. The third-order valence-electron chi connectivity index (χ3n) is 3.39. The molecule has 1 unspecified atom stereocenters. The van der Waals surface area contributed by atoms with Crippen molar-refractivity contribution >= 4 is 11.0 Å². The molecule has 0 fully saturated rings. The molecule has 0 aliphatic rings. The zero-order valence-corrected chi connectivity index (χ0v) is 11.3. The van der Waals surface area contributed by atoms with E-state index in [1.807, 2.05) is 6.07 Å². The Kier molecular flexibility index (Phi) is 3.99. The fourth-order valence-electron chi connectivity index (χ4n) is 2.27. The van der Waals surface area contributed by atoms with Gasteiger partial charge in [0.25, 0.3) is 0 Å². The Morgan fingerprint density at radius 1 is 1.44 bits per heavy atom. The number of H-pyrrole nitrogens is 1. The quantitative estimate of drug-likeness (QED) is 0.852. The van der Waals surface area contributed by atoms with Crippen LogP contribution in [-0.2, 0) is 0 Å². The highest BCUT2D eigenvalue weighted by Gasteiger charge is 2.17. The first kappa shape index (κ1) is 13.1. The van der Waals surface area contributed by atoms with Gasteiger partial charge in [-0.15, -0.1) is 0 Å². The van der Waals surface area contributed by atoms with Crippen molar-refractivity contribution in [3.8, 4) is 0 Å². The first-order valence-electron chi connectivity index (χ1n) is 6.47. The maximum absolute atomic E-state index is 9.07. The summed E-state index contributed by atoms with van der Waals surface area (Å²) >= 11 is 0. The number of aryl methyl sites for hydroxylation is 1. The minimum atomic E-state index is 0.178. The maximum Gasteiger partial charge on any atom is 0.124 e. The summed E-state index contributed by atoms with van der Waals surface area (Å²) in [7, 11) is 0. The summed E-state index contributed by atoms with van der Waals surface area (Å²) in [6.07, 6.45) is 0. The number of nitrogens with one attached hydrogen (secondary N) is 1. The van der Waals surface area contributed by atoms with Crippen LogP contribution in [-0.4, -0.2) is 39.7 Å². The average Bonchev–Trinajstić information content (AvgIpc) is 2.77. The molecule has 0 aliphatic heterocycles. The van der Waals surface area contributed by atoms with Crippen molar-refractivity contribution in [2.75, 3.05) is 19.7 Å². The second-order valence-corrected chi connectivity index (χ2v) is 4.67. The van der Waals surface area contributed by atoms with E-state index in [1.54, 1.807) is 0 Å². The summed E-state index contributed by atoms with van der Waals surface area (Å²) < 4.78 is 0. The molecule has 0 bridgehead atoms. The molecular weight excluding hydrogens is 226 g/mol. The number of aromatic nitrogens is 2. The third-order valence-corrected chi connectivity index (χ3v) is 3.39. The van der Waals surface area contributed by atoms with Gasteiger partial charge in [-0.3, -0.25) is 4.90 Å². The van der Waals surface area contributed by atoms with Gasteiger partial charge in [0.2, 0.25) is 0 Å². The van der Waals surface area contributed by atoms with Crippen LogP contribution in [0, 0.1) is 6.92 Å². The number of fused-ring (bicyclic) bond motifs is 1. The Morgan fingerprint density at radius 3 is 2.89 bits per heavy atom. The first-order valence-corrected chi connectivity index (χ1v) is 6.47. The van der Waals surface area contributed by atoms with Gasteiger partial charge in [0.15, 0.2) is 0 Å². The predicted molar refractivity (Wildman–Crippen MR) is 73.6 cm³/mol. The Labute approximate surface area is 108 Å². The molecule has 0 saturated heterocycles. The van der Waals surface area contributed by atoms with E-state index in [1.165, 1.54) is 5.56 Å². The van der Waals surface area contributed by atoms with E-state index in [4.69, 9.17) is 5.11 Å². The number of imidazole rings is 1. The van der Waals surface area contributed by atoms with Crippen molar-refractivity contribution in [3.05, 3.63) is 29.6 Å². The van der Waals surface area contributed by atoms with Crippen LogP contribution in [0.4, 0.5) is 0 Å². The molecule has 98 valence electrons. The van der Waals surface area contributed by atoms with Crippen LogP contribution >= 0.6 is 0 Å². The third kappa shape index (κ3) is 2.54. The number of hydrogen-bond donors (Lipinski definition) is 2. The van der Waals surface area contributed by atoms with Crippen LogP contribution < -0.4 is 0 Å². The van der Waals surface area contributed by atoms with Crippen LogP contribution in [0.1, 0.15) is 31.3 Å². The van der Waals surface area contributed by atoms with E-state index in [2.05, 4.69) is 47.8 Å². The van der Waals surface area contributed by atoms with Crippen LogP contribution in [0.3, 0.4) is 0 Å². The number of nitrogens with zero attached hydrogens (tertiary/aromatic N) is 2. The number of aliphatic hydroxyl groups excluding tert-OH is 1. The van der Waals surface area contributed by atoms with Crippen LogP contribution in [0.25, 0.3) is 11.0 Å². The summed E-state index contributed by atoms with van der Waals surface area (Å²) in [5.74, 6) is 0.964. The molecule has 1 atom stereocenters. The van der Waals surface area contributed by atoms with Crippen LogP contribution in [0.2, 0.25) is 0 Å². The normalized spacial score (nSPS) is 13.4. The highest BCUT2D eigenvalue weighted by Crippen LogP contribution is 2.21. The average molecular weight is 247 g/mol. The summed E-state index contributed by atoms with van der Waals surface area (Å²) in [6.45, 7) is 8.04. The number of aliphatic hydroxyl groups is 1. The molecule has 2 N–H and O–H groups in total. The fourth-order valence-corrected chi connectivity index (χ4v) is 2.27.